The summed E-state index contributed by atoms with van der Waals surface area (Å²) in [4.78, 5) is 20.9. The average Bonchev–Trinajstić information content (AvgIpc) is 3.04. The van der Waals surface area contributed by atoms with E-state index in [4.69, 9.17) is 0 Å². The highest BCUT2D eigenvalue weighted by atomic mass is 16.2. The van der Waals surface area contributed by atoms with Crippen LogP contribution in [0.1, 0.15) is 30.4 Å². The molecule has 0 saturated carbocycles. The molecule has 5 heteroatoms. The number of pyridine rings is 1. The lowest BCUT2D eigenvalue weighted by Crippen LogP contribution is -2.39. The third kappa shape index (κ3) is 4.02. The van der Waals surface area contributed by atoms with Crippen LogP contribution in [-0.2, 0) is 6.54 Å². The number of piperidine rings is 1. The van der Waals surface area contributed by atoms with Crippen molar-refractivity contribution in [3.8, 4) is 0 Å². The van der Waals surface area contributed by atoms with E-state index in [1.807, 2.05) is 24.1 Å². The van der Waals surface area contributed by atoms with E-state index in [-0.39, 0.29) is 6.03 Å². The van der Waals surface area contributed by atoms with Gasteiger partial charge in [0.2, 0.25) is 0 Å². The second-order valence-electron chi connectivity index (χ2n) is 7.10. The van der Waals surface area contributed by atoms with E-state index in [2.05, 4.69) is 22.2 Å². The normalized spacial score (nSPS) is 23.2. The van der Waals surface area contributed by atoms with E-state index in [1.165, 1.54) is 25.9 Å². The molecule has 3 rings (SSSR count). The molecule has 1 unspecified atom stereocenters. The van der Waals surface area contributed by atoms with E-state index in [9.17, 15) is 4.79 Å². The van der Waals surface area contributed by atoms with E-state index in [0.717, 1.165) is 36.6 Å². The van der Waals surface area contributed by atoms with Gasteiger partial charge in [0, 0.05) is 32.0 Å². The molecule has 1 aromatic heterocycles. The maximum absolute atomic E-state index is 12.4. The first-order valence-corrected chi connectivity index (χ1v) is 8.74. The summed E-state index contributed by atoms with van der Waals surface area (Å²) >= 11 is 0. The van der Waals surface area contributed by atoms with Crippen molar-refractivity contribution < 1.29 is 4.79 Å². The number of hydrogen-bond donors (Lipinski definition) is 1. The first kappa shape index (κ1) is 16.2. The van der Waals surface area contributed by atoms with Crippen molar-refractivity contribution >= 4 is 6.03 Å². The van der Waals surface area contributed by atoms with Crippen LogP contribution in [0.3, 0.4) is 0 Å². The summed E-state index contributed by atoms with van der Waals surface area (Å²) in [6, 6.07) is 2.05. The van der Waals surface area contributed by atoms with Crippen LogP contribution in [0.15, 0.2) is 18.5 Å². The molecule has 2 amide bonds. The lowest BCUT2D eigenvalue weighted by Gasteiger charge is -2.32. The molecule has 5 nitrogen and oxygen atoms in total. The highest BCUT2D eigenvalue weighted by Gasteiger charge is 2.33. The molecule has 3 heterocycles. The zero-order valence-electron chi connectivity index (χ0n) is 14.3. The monoisotopic (exact) mass is 316 g/mol. The quantitative estimate of drug-likeness (QED) is 0.930. The molecule has 2 aliphatic heterocycles. The smallest absolute Gasteiger partial charge is 0.317 e. The SMILES string of the molecule is Cc1cnccc1CNC(=O)N1CCC(C2CCN(C)CC2)C1. The predicted octanol–water partition coefficient (Wildman–Crippen LogP) is 2.26. The number of aryl methyl sites for hydroxylation is 1. The van der Waals surface area contributed by atoms with Gasteiger partial charge < -0.3 is 15.1 Å². The Morgan fingerprint density at radius 2 is 2.00 bits per heavy atom. The van der Waals surface area contributed by atoms with Crippen LogP contribution in [0.4, 0.5) is 4.79 Å². The number of amides is 2. The lowest BCUT2D eigenvalue weighted by molar-refractivity contribution is 0.168. The Morgan fingerprint density at radius 1 is 1.26 bits per heavy atom. The van der Waals surface area contributed by atoms with Crippen LogP contribution < -0.4 is 5.32 Å². The number of urea groups is 1. The van der Waals surface area contributed by atoms with E-state index >= 15 is 0 Å². The number of likely N-dealkylation sites (tertiary alicyclic amines) is 2. The molecule has 2 fully saturated rings. The third-order valence-corrected chi connectivity index (χ3v) is 5.51. The van der Waals surface area contributed by atoms with Crippen molar-refractivity contribution in [3.05, 3.63) is 29.6 Å². The van der Waals surface area contributed by atoms with Gasteiger partial charge in [-0.3, -0.25) is 4.98 Å². The minimum atomic E-state index is 0.0802. The Bertz CT molecular complexity index is 540. The number of hydrogen-bond acceptors (Lipinski definition) is 3. The van der Waals surface area contributed by atoms with Gasteiger partial charge in [0.25, 0.3) is 0 Å². The number of nitrogens with zero attached hydrogens (tertiary/aromatic N) is 3. The van der Waals surface area contributed by atoms with E-state index in [0.29, 0.717) is 12.5 Å². The molecular weight excluding hydrogens is 288 g/mol. The summed E-state index contributed by atoms with van der Waals surface area (Å²) in [7, 11) is 2.20. The molecule has 0 bridgehead atoms. The number of nitrogens with one attached hydrogen (secondary N) is 1. The molecule has 0 spiro atoms. The first-order chi connectivity index (χ1) is 11.1. The van der Waals surface area contributed by atoms with Gasteiger partial charge in [0.05, 0.1) is 0 Å². The van der Waals surface area contributed by atoms with Crippen LogP contribution >= 0.6 is 0 Å². The van der Waals surface area contributed by atoms with Gasteiger partial charge in [-0.1, -0.05) is 0 Å². The molecule has 1 N–H and O–H groups in total. The van der Waals surface area contributed by atoms with Crippen LogP contribution in [-0.4, -0.2) is 54.0 Å². The maximum atomic E-state index is 12.4. The molecule has 1 atom stereocenters. The highest BCUT2D eigenvalue weighted by molar-refractivity contribution is 5.74. The summed E-state index contributed by atoms with van der Waals surface area (Å²) in [6.45, 7) is 6.85. The van der Waals surface area contributed by atoms with Crippen LogP contribution in [0, 0.1) is 18.8 Å². The van der Waals surface area contributed by atoms with E-state index in [1.54, 1.807) is 6.20 Å². The van der Waals surface area contributed by atoms with Gasteiger partial charge in [0.1, 0.15) is 0 Å². The lowest BCUT2D eigenvalue weighted by atomic mass is 9.84. The standard InChI is InChI=1S/C18H28N4O/c1-14-11-19-7-3-16(14)12-20-18(23)22-10-6-17(13-22)15-4-8-21(2)9-5-15/h3,7,11,15,17H,4-6,8-10,12-13H2,1-2H3,(H,20,23). The minimum Gasteiger partial charge on any atom is -0.334 e. The van der Waals surface area contributed by atoms with Gasteiger partial charge in [-0.2, -0.15) is 0 Å². The zero-order valence-corrected chi connectivity index (χ0v) is 14.3. The Kier molecular flexibility index (Phi) is 5.16. The van der Waals surface area contributed by atoms with Gasteiger partial charge in [-0.15, -0.1) is 0 Å². The van der Waals surface area contributed by atoms with Crippen molar-refractivity contribution in [1.82, 2.24) is 20.1 Å². The van der Waals surface area contributed by atoms with Crippen molar-refractivity contribution in [2.45, 2.75) is 32.7 Å². The zero-order chi connectivity index (χ0) is 16.2. The van der Waals surface area contributed by atoms with Gasteiger partial charge >= 0.3 is 6.03 Å². The predicted molar refractivity (Wildman–Crippen MR) is 91.1 cm³/mol. The fraction of sp³-hybridized carbons (Fsp3) is 0.667. The number of carbonyl (C=O) groups is 1. The number of rotatable bonds is 3. The molecule has 2 saturated heterocycles. The topological polar surface area (TPSA) is 48.5 Å². The van der Waals surface area contributed by atoms with Crippen molar-refractivity contribution in [3.63, 3.8) is 0 Å². The number of carbonyl (C=O) groups excluding carboxylic acids is 1. The first-order valence-electron chi connectivity index (χ1n) is 8.74. The Labute approximate surface area is 139 Å². The molecule has 0 radical (unpaired) electrons. The summed E-state index contributed by atoms with van der Waals surface area (Å²) in [5.41, 5.74) is 2.26. The summed E-state index contributed by atoms with van der Waals surface area (Å²) < 4.78 is 0. The van der Waals surface area contributed by atoms with Crippen molar-refractivity contribution in [2.75, 3.05) is 33.2 Å². The van der Waals surface area contributed by atoms with E-state index < -0.39 is 0 Å². The van der Waals surface area contributed by atoms with Gasteiger partial charge in [0.15, 0.2) is 0 Å². The van der Waals surface area contributed by atoms with Crippen LogP contribution in [0.2, 0.25) is 0 Å². The minimum absolute atomic E-state index is 0.0802. The average molecular weight is 316 g/mol. The molecule has 126 valence electrons. The second-order valence-corrected chi connectivity index (χ2v) is 7.10. The Balaban J connectivity index is 1.47. The molecule has 0 aromatic carbocycles. The van der Waals surface area contributed by atoms with Gasteiger partial charge in [-0.25, -0.2) is 4.79 Å². The van der Waals surface area contributed by atoms with Crippen LogP contribution in [0.5, 0.6) is 0 Å². The van der Waals surface area contributed by atoms with Gasteiger partial charge in [-0.05, 0) is 75.4 Å². The van der Waals surface area contributed by atoms with Crippen molar-refractivity contribution in [1.29, 1.82) is 0 Å². The summed E-state index contributed by atoms with van der Waals surface area (Å²) in [6.07, 6.45) is 7.35. The fourth-order valence-corrected chi connectivity index (χ4v) is 3.84. The van der Waals surface area contributed by atoms with Crippen LogP contribution in [0.25, 0.3) is 0 Å². The number of aromatic nitrogens is 1. The molecule has 2 aliphatic rings. The molecule has 0 aliphatic carbocycles. The Hall–Kier alpha value is -1.62. The maximum Gasteiger partial charge on any atom is 0.317 e. The third-order valence-electron chi connectivity index (χ3n) is 5.51. The summed E-state index contributed by atoms with van der Waals surface area (Å²) in [5, 5.41) is 3.06. The molecule has 1 aromatic rings. The Morgan fingerprint density at radius 3 is 2.74 bits per heavy atom. The second kappa shape index (κ2) is 7.30. The molecular formula is C18H28N4O. The molecule has 23 heavy (non-hydrogen) atoms. The largest absolute Gasteiger partial charge is 0.334 e. The highest BCUT2D eigenvalue weighted by Crippen LogP contribution is 2.31. The van der Waals surface area contributed by atoms with Crippen molar-refractivity contribution in [2.24, 2.45) is 11.8 Å². The summed E-state index contributed by atoms with van der Waals surface area (Å²) in [5.74, 6) is 1.49. The fourth-order valence-electron chi connectivity index (χ4n) is 3.84.